The fourth-order valence-electron chi connectivity index (χ4n) is 2.25. The van der Waals surface area contributed by atoms with Crippen LogP contribution in [-0.4, -0.2) is 40.5 Å². The maximum atomic E-state index is 12.4. The van der Waals surface area contributed by atoms with Crippen LogP contribution in [0.4, 0.5) is 13.2 Å². The van der Waals surface area contributed by atoms with Crippen molar-refractivity contribution in [1.29, 1.82) is 0 Å². The predicted octanol–water partition coefficient (Wildman–Crippen LogP) is 2.77. The summed E-state index contributed by atoms with van der Waals surface area (Å²) in [5.74, 6) is -1.66. The number of alkyl halides is 3. The summed E-state index contributed by atoms with van der Waals surface area (Å²) in [7, 11) is 0. The molecule has 3 rings (SSSR count). The Morgan fingerprint density at radius 1 is 1.35 bits per heavy atom. The van der Waals surface area contributed by atoms with Crippen LogP contribution >= 0.6 is 11.3 Å². The number of carbonyl (C=O) groups is 1. The summed E-state index contributed by atoms with van der Waals surface area (Å²) in [6.45, 7) is 1.10. The van der Waals surface area contributed by atoms with E-state index in [0.717, 1.165) is 17.3 Å². The van der Waals surface area contributed by atoms with Crippen LogP contribution in [0.1, 0.15) is 27.2 Å². The molecule has 1 amide bonds. The van der Waals surface area contributed by atoms with Gasteiger partial charge in [-0.2, -0.15) is 13.2 Å². The first-order chi connectivity index (χ1) is 10.9. The van der Waals surface area contributed by atoms with Crippen LogP contribution in [0.5, 0.6) is 0 Å². The van der Waals surface area contributed by atoms with Gasteiger partial charge in [0.05, 0.1) is 18.7 Å². The Bertz CT molecular complexity index is 674. The Morgan fingerprint density at radius 3 is 2.70 bits per heavy atom. The molecule has 0 unspecified atom stereocenters. The predicted molar refractivity (Wildman–Crippen MR) is 75.9 cm³/mol. The summed E-state index contributed by atoms with van der Waals surface area (Å²) < 4.78 is 43.0. The van der Waals surface area contributed by atoms with Crippen LogP contribution in [0.2, 0.25) is 0 Å². The van der Waals surface area contributed by atoms with Gasteiger partial charge in [0.1, 0.15) is 6.10 Å². The summed E-state index contributed by atoms with van der Waals surface area (Å²) in [6, 6.07) is 3.82. The van der Waals surface area contributed by atoms with Gasteiger partial charge in [-0.15, -0.1) is 11.3 Å². The minimum Gasteiger partial charge on any atom is -0.369 e. The van der Waals surface area contributed by atoms with Gasteiger partial charge in [-0.3, -0.25) is 4.79 Å². The van der Waals surface area contributed by atoms with E-state index >= 15 is 0 Å². The molecule has 0 bridgehead atoms. The van der Waals surface area contributed by atoms with E-state index in [0.29, 0.717) is 19.7 Å². The second-order valence-corrected chi connectivity index (χ2v) is 5.90. The molecule has 3 heterocycles. The highest BCUT2D eigenvalue weighted by Gasteiger charge is 2.35. The number of amides is 1. The normalized spacial score (nSPS) is 18.9. The Hall–Kier alpha value is -2.00. The molecule has 1 aliphatic heterocycles. The molecule has 2 aromatic heterocycles. The van der Waals surface area contributed by atoms with Crippen LogP contribution in [0.3, 0.4) is 0 Å². The average Bonchev–Trinajstić information content (AvgIpc) is 3.08. The number of morpholine rings is 1. The van der Waals surface area contributed by atoms with E-state index in [1.807, 2.05) is 17.5 Å². The van der Waals surface area contributed by atoms with E-state index in [4.69, 9.17) is 4.74 Å². The van der Waals surface area contributed by atoms with E-state index in [2.05, 4.69) is 9.97 Å². The Balaban J connectivity index is 1.72. The number of hydrogen-bond acceptors (Lipinski definition) is 5. The molecule has 0 spiro atoms. The molecule has 122 valence electrons. The second-order valence-electron chi connectivity index (χ2n) is 4.92. The average molecular weight is 343 g/mol. The molecule has 2 aromatic rings. The van der Waals surface area contributed by atoms with E-state index in [1.54, 1.807) is 4.90 Å². The number of rotatable bonds is 2. The first-order valence-corrected chi connectivity index (χ1v) is 7.66. The van der Waals surface area contributed by atoms with Gasteiger partial charge in [0, 0.05) is 23.8 Å². The zero-order chi connectivity index (χ0) is 16.4. The van der Waals surface area contributed by atoms with Gasteiger partial charge < -0.3 is 9.64 Å². The lowest BCUT2D eigenvalue weighted by molar-refractivity contribution is -0.145. The van der Waals surface area contributed by atoms with Crippen molar-refractivity contribution in [2.75, 3.05) is 19.7 Å². The van der Waals surface area contributed by atoms with E-state index in [-0.39, 0.29) is 11.7 Å². The molecule has 0 N–H and O–H groups in total. The Labute approximate surface area is 133 Å². The van der Waals surface area contributed by atoms with Crippen LogP contribution in [0.25, 0.3) is 0 Å². The van der Waals surface area contributed by atoms with Crippen LogP contribution in [0, 0.1) is 0 Å². The summed E-state index contributed by atoms with van der Waals surface area (Å²) in [5, 5.41) is 1.92. The lowest BCUT2D eigenvalue weighted by Crippen LogP contribution is -2.42. The number of ether oxygens (including phenoxy) is 1. The molecule has 23 heavy (non-hydrogen) atoms. The molecule has 5 nitrogen and oxygen atoms in total. The van der Waals surface area contributed by atoms with Crippen LogP contribution in [0.15, 0.2) is 29.9 Å². The largest absolute Gasteiger partial charge is 0.451 e. The van der Waals surface area contributed by atoms with Gasteiger partial charge in [-0.05, 0) is 11.4 Å². The smallest absolute Gasteiger partial charge is 0.369 e. The van der Waals surface area contributed by atoms with Gasteiger partial charge in [-0.25, -0.2) is 9.97 Å². The molecule has 0 radical (unpaired) electrons. The summed E-state index contributed by atoms with van der Waals surface area (Å²) in [6.07, 6.45) is -3.02. The highest BCUT2D eigenvalue weighted by atomic mass is 32.1. The molecule has 1 saturated heterocycles. The zero-order valence-corrected chi connectivity index (χ0v) is 12.6. The maximum Gasteiger partial charge on any atom is 0.451 e. The maximum absolute atomic E-state index is 12.4. The monoisotopic (exact) mass is 343 g/mol. The third kappa shape index (κ3) is 3.50. The molecular weight excluding hydrogens is 331 g/mol. The first kappa shape index (κ1) is 15.9. The van der Waals surface area contributed by atoms with Gasteiger partial charge in [0.15, 0.2) is 0 Å². The highest BCUT2D eigenvalue weighted by molar-refractivity contribution is 7.10. The Kier molecular flexibility index (Phi) is 4.31. The third-order valence-corrected chi connectivity index (χ3v) is 4.33. The standard InChI is InChI=1S/C14H12F3N3O2S/c15-14(16,17)13-18-6-9(7-19-13)12(21)20-3-4-22-10(8-20)11-2-1-5-23-11/h1-2,5-7,10H,3-4,8H2/t10-/m1/s1. The van der Waals surface area contributed by atoms with E-state index in [1.165, 1.54) is 11.3 Å². The Morgan fingerprint density at radius 2 is 2.09 bits per heavy atom. The molecule has 0 aliphatic carbocycles. The summed E-state index contributed by atoms with van der Waals surface area (Å²) >= 11 is 1.53. The lowest BCUT2D eigenvalue weighted by Gasteiger charge is -2.32. The molecule has 0 saturated carbocycles. The van der Waals surface area contributed by atoms with E-state index in [9.17, 15) is 18.0 Å². The minimum absolute atomic E-state index is 0.0322. The number of halogens is 3. The van der Waals surface area contributed by atoms with Crippen molar-refractivity contribution in [3.05, 3.63) is 46.2 Å². The van der Waals surface area contributed by atoms with Crippen molar-refractivity contribution in [3.8, 4) is 0 Å². The number of hydrogen-bond donors (Lipinski definition) is 0. The highest BCUT2D eigenvalue weighted by Crippen LogP contribution is 2.27. The van der Waals surface area contributed by atoms with Gasteiger partial charge in [-0.1, -0.05) is 6.07 Å². The topological polar surface area (TPSA) is 55.3 Å². The fourth-order valence-corrected chi connectivity index (χ4v) is 3.01. The van der Waals surface area contributed by atoms with E-state index < -0.39 is 17.9 Å². The van der Waals surface area contributed by atoms with Gasteiger partial charge >= 0.3 is 6.18 Å². The molecule has 1 fully saturated rings. The van der Waals surface area contributed by atoms with Gasteiger partial charge in [0.25, 0.3) is 5.91 Å². The molecule has 1 aliphatic rings. The molecule has 1 atom stereocenters. The van der Waals surface area contributed by atoms with Crippen molar-refractivity contribution < 1.29 is 22.7 Å². The number of nitrogens with zero attached hydrogens (tertiary/aromatic N) is 3. The summed E-state index contributed by atoms with van der Waals surface area (Å²) in [5.41, 5.74) is 0.0322. The molecular formula is C14H12F3N3O2S. The van der Waals surface area contributed by atoms with Crippen LogP contribution in [-0.2, 0) is 10.9 Å². The minimum atomic E-state index is -4.62. The third-order valence-electron chi connectivity index (χ3n) is 3.37. The number of thiophene rings is 1. The second kappa shape index (κ2) is 6.25. The SMILES string of the molecule is O=C(c1cnc(C(F)(F)F)nc1)N1CCO[C@@H](c2cccs2)C1. The van der Waals surface area contributed by atoms with Crippen molar-refractivity contribution >= 4 is 17.2 Å². The zero-order valence-electron chi connectivity index (χ0n) is 11.8. The van der Waals surface area contributed by atoms with Crippen molar-refractivity contribution in [2.24, 2.45) is 0 Å². The number of aromatic nitrogens is 2. The fraction of sp³-hybridized carbons (Fsp3) is 0.357. The van der Waals surface area contributed by atoms with Crippen molar-refractivity contribution in [1.82, 2.24) is 14.9 Å². The summed E-state index contributed by atoms with van der Waals surface area (Å²) in [4.78, 5) is 21.4. The molecule has 9 heteroatoms. The lowest BCUT2D eigenvalue weighted by atomic mass is 10.2. The first-order valence-electron chi connectivity index (χ1n) is 6.78. The van der Waals surface area contributed by atoms with Crippen molar-refractivity contribution in [3.63, 3.8) is 0 Å². The van der Waals surface area contributed by atoms with Gasteiger partial charge in [0.2, 0.25) is 5.82 Å². The number of carbonyl (C=O) groups excluding carboxylic acids is 1. The van der Waals surface area contributed by atoms with Crippen LogP contribution < -0.4 is 0 Å². The molecule has 0 aromatic carbocycles. The van der Waals surface area contributed by atoms with Crippen molar-refractivity contribution in [2.45, 2.75) is 12.3 Å². The quantitative estimate of drug-likeness (QED) is 0.841.